The molecule has 15 heavy (non-hydrogen) atoms. The lowest BCUT2D eigenvalue weighted by atomic mass is 10.0. The van der Waals surface area contributed by atoms with Gasteiger partial charge in [0.2, 0.25) is 0 Å². The molecule has 3 N–H and O–H groups in total. The summed E-state index contributed by atoms with van der Waals surface area (Å²) in [6.45, 7) is 2.28. The van der Waals surface area contributed by atoms with Crippen LogP contribution >= 0.6 is 0 Å². The van der Waals surface area contributed by atoms with Crippen LogP contribution in [0.15, 0.2) is 12.1 Å². The molecule has 0 aliphatic rings. The highest BCUT2D eigenvalue weighted by atomic mass is 16.5. The maximum atomic E-state index is 9.80. The minimum absolute atomic E-state index is 0.00542. The van der Waals surface area contributed by atoms with E-state index in [0.717, 1.165) is 5.56 Å². The Hall–Kier alpha value is -1.26. The van der Waals surface area contributed by atoms with Crippen molar-refractivity contribution in [2.45, 2.75) is 13.0 Å². The van der Waals surface area contributed by atoms with Gasteiger partial charge in [0.05, 0.1) is 13.2 Å². The van der Waals surface area contributed by atoms with Crippen LogP contribution in [0.1, 0.15) is 17.2 Å². The second kappa shape index (κ2) is 5.00. The highest BCUT2D eigenvalue weighted by Gasteiger charge is 2.15. The van der Waals surface area contributed by atoms with Gasteiger partial charge in [-0.05, 0) is 31.7 Å². The third kappa shape index (κ3) is 2.61. The van der Waals surface area contributed by atoms with Gasteiger partial charge in [-0.2, -0.15) is 0 Å². The number of phenols is 1. The summed E-state index contributed by atoms with van der Waals surface area (Å²) in [6.07, 6.45) is -0.733. The Balaban J connectivity index is 3.11. The molecule has 0 heterocycles. The summed E-state index contributed by atoms with van der Waals surface area (Å²) in [6, 6.07) is 3.48. The van der Waals surface area contributed by atoms with Crippen LogP contribution in [0.25, 0.3) is 0 Å². The Bertz CT molecular complexity index is 339. The fourth-order valence-electron chi connectivity index (χ4n) is 1.49. The summed E-state index contributed by atoms with van der Waals surface area (Å²) in [4.78, 5) is 0. The van der Waals surface area contributed by atoms with Crippen molar-refractivity contribution in [2.75, 3.05) is 20.7 Å². The summed E-state index contributed by atoms with van der Waals surface area (Å²) in [5, 5.41) is 22.4. The van der Waals surface area contributed by atoms with Crippen LogP contribution in [-0.2, 0) is 0 Å². The van der Waals surface area contributed by atoms with Gasteiger partial charge >= 0.3 is 0 Å². The quantitative estimate of drug-likeness (QED) is 0.694. The molecule has 0 saturated carbocycles. The molecule has 84 valence electrons. The average molecular weight is 211 g/mol. The SMILES string of the molecule is CNCC(O)c1cc(C)cc(OC)c1O. The van der Waals surface area contributed by atoms with Crippen molar-refractivity contribution >= 4 is 0 Å². The van der Waals surface area contributed by atoms with Crippen LogP contribution in [0.4, 0.5) is 0 Å². The van der Waals surface area contributed by atoms with E-state index in [1.807, 2.05) is 6.92 Å². The molecule has 0 saturated heterocycles. The van der Waals surface area contributed by atoms with Gasteiger partial charge in [0.1, 0.15) is 0 Å². The Kier molecular flexibility index (Phi) is 3.94. The van der Waals surface area contributed by atoms with Gasteiger partial charge < -0.3 is 20.3 Å². The van der Waals surface area contributed by atoms with Crippen molar-refractivity contribution in [3.63, 3.8) is 0 Å². The van der Waals surface area contributed by atoms with Crippen molar-refractivity contribution in [2.24, 2.45) is 0 Å². The Morgan fingerprint density at radius 3 is 2.67 bits per heavy atom. The van der Waals surface area contributed by atoms with Crippen molar-refractivity contribution in [3.05, 3.63) is 23.3 Å². The normalized spacial score (nSPS) is 12.5. The van der Waals surface area contributed by atoms with E-state index in [-0.39, 0.29) is 5.75 Å². The lowest BCUT2D eigenvalue weighted by Crippen LogP contribution is -2.17. The molecule has 0 amide bonds. The number of phenolic OH excluding ortho intramolecular Hbond substituents is 1. The van der Waals surface area contributed by atoms with Crippen LogP contribution < -0.4 is 10.1 Å². The maximum Gasteiger partial charge on any atom is 0.163 e. The van der Waals surface area contributed by atoms with Gasteiger partial charge in [0, 0.05) is 12.1 Å². The molecule has 1 unspecified atom stereocenters. The fraction of sp³-hybridized carbons (Fsp3) is 0.455. The Morgan fingerprint density at radius 2 is 2.13 bits per heavy atom. The fourth-order valence-corrected chi connectivity index (χ4v) is 1.49. The van der Waals surface area contributed by atoms with Crippen LogP contribution in [0, 0.1) is 6.92 Å². The van der Waals surface area contributed by atoms with E-state index in [9.17, 15) is 10.2 Å². The number of aliphatic hydroxyl groups is 1. The predicted octanol–water partition coefficient (Wildman–Crippen LogP) is 0.962. The number of aromatic hydroxyl groups is 1. The predicted molar refractivity (Wildman–Crippen MR) is 58.3 cm³/mol. The van der Waals surface area contributed by atoms with E-state index in [4.69, 9.17) is 4.74 Å². The molecule has 4 nitrogen and oxygen atoms in total. The topological polar surface area (TPSA) is 61.7 Å². The van der Waals surface area contributed by atoms with Gasteiger partial charge in [0.15, 0.2) is 11.5 Å². The molecule has 4 heteroatoms. The van der Waals surface area contributed by atoms with Gasteiger partial charge in [-0.15, -0.1) is 0 Å². The number of ether oxygens (including phenoxy) is 1. The van der Waals surface area contributed by atoms with Crippen LogP contribution in [0.3, 0.4) is 0 Å². The summed E-state index contributed by atoms with van der Waals surface area (Å²) in [5.41, 5.74) is 1.43. The maximum absolute atomic E-state index is 9.80. The van der Waals surface area contributed by atoms with E-state index in [1.54, 1.807) is 19.2 Å². The lowest BCUT2D eigenvalue weighted by molar-refractivity contribution is 0.173. The molecule has 0 spiro atoms. The number of aliphatic hydroxyl groups excluding tert-OH is 1. The van der Waals surface area contributed by atoms with Crippen LogP contribution in [0.5, 0.6) is 11.5 Å². The first-order chi connectivity index (χ1) is 7.10. The third-order valence-electron chi connectivity index (χ3n) is 2.23. The molecule has 0 aliphatic heterocycles. The van der Waals surface area contributed by atoms with Gasteiger partial charge in [0.25, 0.3) is 0 Å². The molecule has 0 bridgehead atoms. The lowest BCUT2D eigenvalue weighted by Gasteiger charge is -2.15. The monoisotopic (exact) mass is 211 g/mol. The minimum atomic E-state index is -0.733. The number of rotatable bonds is 4. The molecule has 0 fully saturated rings. The number of hydrogen-bond donors (Lipinski definition) is 3. The van der Waals surface area contributed by atoms with Crippen molar-refractivity contribution < 1.29 is 14.9 Å². The molecular weight excluding hydrogens is 194 g/mol. The first-order valence-corrected chi connectivity index (χ1v) is 4.80. The van der Waals surface area contributed by atoms with E-state index in [2.05, 4.69) is 5.32 Å². The number of likely N-dealkylation sites (N-methyl/N-ethyl adjacent to an activating group) is 1. The average Bonchev–Trinajstić information content (AvgIpc) is 2.21. The summed E-state index contributed by atoms with van der Waals surface area (Å²) in [5.74, 6) is 0.394. The Morgan fingerprint density at radius 1 is 1.47 bits per heavy atom. The zero-order valence-electron chi connectivity index (χ0n) is 9.24. The number of aryl methyl sites for hydroxylation is 1. The van der Waals surface area contributed by atoms with Crippen molar-refractivity contribution in [3.8, 4) is 11.5 Å². The molecule has 1 aromatic carbocycles. The highest BCUT2D eigenvalue weighted by molar-refractivity contribution is 5.49. The van der Waals surface area contributed by atoms with Gasteiger partial charge in [-0.25, -0.2) is 0 Å². The van der Waals surface area contributed by atoms with E-state index >= 15 is 0 Å². The number of benzene rings is 1. The largest absolute Gasteiger partial charge is 0.504 e. The zero-order chi connectivity index (χ0) is 11.4. The van der Waals surface area contributed by atoms with Gasteiger partial charge in [-0.3, -0.25) is 0 Å². The molecule has 1 aromatic rings. The zero-order valence-corrected chi connectivity index (χ0v) is 9.24. The smallest absolute Gasteiger partial charge is 0.163 e. The number of nitrogens with one attached hydrogen (secondary N) is 1. The van der Waals surface area contributed by atoms with E-state index < -0.39 is 6.10 Å². The Labute approximate surface area is 89.5 Å². The van der Waals surface area contributed by atoms with E-state index in [0.29, 0.717) is 17.9 Å². The molecule has 0 radical (unpaired) electrons. The first kappa shape index (κ1) is 11.8. The number of hydrogen-bond acceptors (Lipinski definition) is 4. The molecular formula is C11H17NO3. The first-order valence-electron chi connectivity index (χ1n) is 4.80. The molecule has 0 aromatic heterocycles. The summed E-state index contributed by atoms with van der Waals surface area (Å²) < 4.78 is 5.01. The standard InChI is InChI=1S/C11H17NO3/c1-7-4-8(9(13)6-12-2)11(14)10(5-7)15-3/h4-5,9,12-14H,6H2,1-3H3. The molecule has 1 atom stereocenters. The summed E-state index contributed by atoms with van der Waals surface area (Å²) >= 11 is 0. The van der Waals surface area contributed by atoms with Crippen molar-refractivity contribution in [1.29, 1.82) is 0 Å². The minimum Gasteiger partial charge on any atom is -0.504 e. The second-order valence-electron chi connectivity index (χ2n) is 3.48. The third-order valence-corrected chi connectivity index (χ3v) is 2.23. The summed E-state index contributed by atoms with van der Waals surface area (Å²) in [7, 11) is 3.23. The van der Waals surface area contributed by atoms with Crippen LogP contribution in [0.2, 0.25) is 0 Å². The van der Waals surface area contributed by atoms with Crippen LogP contribution in [-0.4, -0.2) is 30.9 Å². The van der Waals surface area contributed by atoms with E-state index in [1.165, 1.54) is 7.11 Å². The number of methoxy groups -OCH3 is 1. The van der Waals surface area contributed by atoms with Gasteiger partial charge in [-0.1, -0.05) is 0 Å². The van der Waals surface area contributed by atoms with Crippen molar-refractivity contribution in [1.82, 2.24) is 5.32 Å². The molecule has 1 rings (SSSR count). The molecule has 0 aliphatic carbocycles. The highest BCUT2D eigenvalue weighted by Crippen LogP contribution is 2.34. The second-order valence-corrected chi connectivity index (χ2v) is 3.48.